The Balaban J connectivity index is 3.56. The van der Waals surface area contributed by atoms with Crippen LogP contribution in [0.1, 0.15) is 12.8 Å². The number of nitrogens with two attached hydrogens (primary N) is 1. The topological polar surface area (TPSA) is 137 Å². The van der Waals surface area contributed by atoms with Gasteiger partial charge >= 0.3 is 5.97 Å². The van der Waals surface area contributed by atoms with Gasteiger partial charge in [-0.1, -0.05) is 0 Å². The highest BCUT2D eigenvalue weighted by molar-refractivity contribution is 5.95. The van der Waals surface area contributed by atoms with Crippen LogP contribution in [0.3, 0.4) is 0 Å². The average Bonchev–Trinajstić information content (AvgIpc) is 2.43. The fraction of sp³-hybridized carbons (Fsp3) is 0.750. The van der Waals surface area contributed by atoms with E-state index in [4.69, 9.17) is 25.1 Å². The second-order valence-electron chi connectivity index (χ2n) is 4.11. The number of methoxy groups -OCH3 is 1. The van der Waals surface area contributed by atoms with Gasteiger partial charge in [-0.3, -0.25) is 19.7 Å². The number of carboxylic acids is 1. The molecule has 2 amide bonds. The lowest BCUT2D eigenvalue weighted by atomic mass is 10.1. The van der Waals surface area contributed by atoms with E-state index >= 15 is 0 Å². The van der Waals surface area contributed by atoms with Gasteiger partial charge in [-0.05, 0) is 6.42 Å². The third-order valence-electron chi connectivity index (χ3n) is 2.32. The van der Waals surface area contributed by atoms with Crippen LogP contribution in [0.25, 0.3) is 0 Å². The van der Waals surface area contributed by atoms with E-state index in [1.807, 2.05) is 0 Å². The Bertz CT molecular complexity index is 336. The second-order valence-corrected chi connectivity index (χ2v) is 4.11. The lowest BCUT2D eigenvalue weighted by Gasteiger charge is -2.07. The molecule has 0 aromatic rings. The summed E-state index contributed by atoms with van der Waals surface area (Å²) in [4.78, 5) is 33.1. The zero-order valence-electron chi connectivity index (χ0n) is 12.0. The van der Waals surface area contributed by atoms with Gasteiger partial charge in [-0.15, -0.1) is 0 Å². The molecule has 1 atom stereocenters. The number of carboxylic acid groups (broad SMARTS) is 1. The van der Waals surface area contributed by atoms with E-state index in [0.29, 0.717) is 19.8 Å². The smallest absolute Gasteiger partial charge is 0.320 e. The van der Waals surface area contributed by atoms with E-state index in [1.165, 1.54) is 0 Å². The van der Waals surface area contributed by atoms with Gasteiger partial charge in [0, 0.05) is 13.5 Å². The lowest BCUT2D eigenvalue weighted by molar-refractivity contribution is -0.138. The summed E-state index contributed by atoms with van der Waals surface area (Å²) in [6.07, 6.45) is -0.179. The molecule has 0 aromatic carbocycles. The molecule has 0 heterocycles. The van der Waals surface area contributed by atoms with E-state index in [-0.39, 0.29) is 26.1 Å². The number of nitrogens with one attached hydrogen (secondary N) is 1. The summed E-state index contributed by atoms with van der Waals surface area (Å²) in [6, 6.07) is -1.12. The first kappa shape index (κ1) is 19.4. The SMILES string of the molecule is COCCOCCOCC(=O)NC(=O)CCC(N)C(=O)O. The molecule has 1 unspecified atom stereocenters. The summed E-state index contributed by atoms with van der Waals surface area (Å²) >= 11 is 0. The Hall–Kier alpha value is -1.55. The summed E-state index contributed by atoms with van der Waals surface area (Å²) in [7, 11) is 1.56. The summed E-state index contributed by atoms with van der Waals surface area (Å²) < 4.78 is 14.9. The Morgan fingerprint density at radius 1 is 1.10 bits per heavy atom. The van der Waals surface area contributed by atoms with Crippen LogP contribution in [0, 0.1) is 0 Å². The molecule has 0 rings (SSSR count). The number of ether oxygens (including phenoxy) is 3. The van der Waals surface area contributed by atoms with E-state index < -0.39 is 23.8 Å². The first-order valence-electron chi connectivity index (χ1n) is 6.42. The normalized spacial score (nSPS) is 11.9. The average molecular weight is 306 g/mol. The van der Waals surface area contributed by atoms with Crippen molar-refractivity contribution in [2.24, 2.45) is 5.73 Å². The first-order valence-corrected chi connectivity index (χ1v) is 6.42. The number of amides is 2. The van der Waals surface area contributed by atoms with Gasteiger partial charge in [0.15, 0.2) is 0 Å². The quantitative estimate of drug-likeness (QED) is 0.370. The Morgan fingerprint density at radius 3 is 2.33 bits per heavy atom. The number of rotatable bonds is 12. The molecular formula is C12H22N2O7. The minimum absolute atomic E-state index is 0.0390. The van der Waals surface area contributed by atoms with Crippen LogP contribution < -0.4 is 11.1 Å². The maximum Gasteiger partial charge on any atom is 0.320 e. The maximum atomic E-state index is 11.3. The molecule has 0 aliphatic carbocycles. The molecule has 0 bridgehead atoms. The molecule has 0 aromatic heterocycles. The summed E-state index contributed by atoms with van der Waals surface area (Å²) in [5.74, 6) is -2.37. The van der Waals surface area contributed by atoms with Crippen LogP contribution in [0.15, 0.2) is 0 Å². The molecule has 0 aliphatic heterocycles. The molecular weight excluding hydrogens is 284 g/mol. The first-order chi connectivity index (χ1) is 9.97. The van der Waals surface area contributed by atoms with Crippen molar-refractivity contribution in [3.8, 4) is 0 Å². The van der Waals surface area contributed by atoms with Gasteiger partial charge in [-0.25, -0.2) is 0 Å². The molecule has 0 aliphatic rings. The van der Waals surface area contributed by atoms with Crippen LogP contribution >= 0.6 is 0 Å². The molecule has 0 spiro atoms. The van der Waals surface area contributed by atoms with Crippen LogP contribution in [0.2, 0.25) is 0 Å². The minimum atomic E-state index is -1.19. The Kier molecular flexibility index (Phi) is 11.3. The molecule has 0 saturated heterocycles. The van der Waals surface area contributed by atoms with Crippen LogP contribution in [-0.2, 0) is 28.6 Å². The van der Waals surface area contributed by atoms with Gasteiger partial charge in [0.05, 0.1) is 26.4 Å². The number of carbonyl (C=O) groups excluding carboxylic acids is 2. The van der Waals surface area contributed by atoms with Gasteiger partial charge in [0.2, 0.25) is 5.91 Å². The number of carbonyl (C=O) groups is 3. The van der Waals surface area contributed by atoms with E-state index in [1.54, 1.807) is 7.11 Å². The molecule has 9 heteroatoms. The zero-order valence-corrected chi connectivity index (χ0v) is 12.0. The number of imide groups is 1. The van der Waals surface area contributed by atoms with E-state index in [0.717, 1.165) is 0 Å². The Morgan fingerprint density at radius 2 is 1.71 bits per heavy atom. The summed E-state index contributed by atoms with van der Waals surface area (Å²) in [5.41, 5.74) is 5.23. The van der Waals surface area contributed by atoms with Crippen LogP contribution in [-0.4, -0.2) is 69.1 Å². The predicted octanol–water partition coefficient (Wildman–Crippen LogP) is -1.50. The van der Waals surface area contributed by atoms with Crippen molar-refractivity contribution in [2.45, 2.75) is 18.9 Å². The summed E-state index contributed by atoms with van der Waals surface area (Å²) in [6.45, 7) is 1.18. The largest absolute Gasteiger partial charge is 0.480 e. The highest BCUT2D eigenvalue weighted by atomic mass is 16.5. The fourth-order valence-corrected chi connectivity index (χ4v) is 1.19. The van der Waals surface area contributed by atoms with E-state index in [9.17, 15) is 14.4 Å². The zero-order chi connectivity index (χ0) is 16.1. The highest BCUT2D eigenvalue weighted by Gasteiger charge is 2.14. The van der Waals surface area contributed by atoms with Crippen molar-refractivity contribution in [3.63, 3.8) is 0 Å². The van der Waals surface area contributed by atoms with Crippen LogP contribution in [0.5, 0.6) is 0 Å². The van der Waals surface area contributed by atoms with Crippen molar-refractivity contribution in [2.75, 3.05) is 40.1 Å². The van der Waals surface area contributed by atoms with Gasteiger partial charge < -0.3 is 25.1 Å². The highest BCUT2D eigenvalue weighted by Crippen LogP contribution is 1.94. The monoisotopic (exact) mass is 306 g/mol. The van der Waals surface area contributed by atoms with Crippen molar-refractivity contribution < 1.29 is 33.7 Å². The lowest BCUT2D eigenvalue weighted by Crippen LogP contribution is -2.36. The standard InChI is InChI=1S/C12H22N2O7/c1-19-4-5-20-6-7-21-8-11(16)14-10(15)3-2-9(13)12(17)18/h9H,2-8,13H2,1H3,(H,17,18)(H,14,15,16). The van der Waals surface area contributed by atoms with Crippen molar-refractivity contribution >= 4 is 17.8 Å². The summed E-state index contributed by atoms with van der Waals surface area (Å²) in [5, 5.41) is 10.6. The third-order valence-corrected chi connectivity index (χ3v) is 2.32. The second kappa shape index (κ2) is 12.2. The predicted molar refractivity (Wildman–Crippen MR) is 71.5 cm³/mol. The molecule has 0 fully saturated rings. The number of aliphatic carboxylic acids is 1. The van der Waals surface area contributed by atoms with Gasteiger partial charge in [-0.2, -0.15) is 0 Å². The van der Waals surface area contributed by atoms with Gasteiger partial charge in [0.25, 0.3) is 5.91 Å². The minimum Gasteiger partial charge on any atom is -0.480 e. The molecule has 9 nitrogen and oxygen atoms in total. The molecule has 0 saturated carbocycles. The Labute approximate surface area is 122 Å². The molecule has 4 N–H and O–H groups in total. The number of hydrogen-bond donors (Lipinski definition) is 3. The third kappa shape index (κ3) is 11.9. The number of hydrogen-bond acceptors (Lipinski definition) is 7. The molecule has 21 heavy (non-hydrogen) atoms. The molecule has 122 valence electrons. The van der Waals surface area contributed by atoms with Gasteiger partial charge in [0.1, 0.15) is 12.6 Å². The van der Waals surface area contributed by atoms with E-state index in [2.05, 4.69) is 5.32 Å². The molecule has 0 radical (unpaired) electrons. The maximum absolute atomic E-state index is 11.3. The van der Waals surface area contributed by atoms with Crippen LogP contribution in [0.4, 0.5) is 0 Å². The fourth-order valence-electron chi connectivity index (χ4n) is 1.19. The van der Waals surface area contributed by atoms with Crippen molar-refractivity contribution in [1.82, 2.24) is 5.32 Å². The van der Waals surface area contributed by atoms with Crippen molar-refractivity contribution in [3.05, 3.63) is 0 Å². The van der Waals surface area contributed by atoms with Crippen molar-refractivity contribution in [1.29, 1.82) is 0 Å².